The summed E-state index contributed by atoms with van der Waals surface area (Å²) in [5, 5.41) is 5.09. The number of anilines is 2. The van der Waals surface area contributed by atoms with E-state index in [4.69, 9.17) is 21.9 Å². The first-order chi connectivity index (χ1) is 27.7. The fraction of sp³-hybridized carbons (Fsp3) is 0.512. The second kappa shape index (κ2) is 17.4. The maximum atomic E-state index is 13.6. The first-order valence-corrected chi connectivity index (χ1v) is 18.7. The molecule has 0 aromatic heterocycles. The van der Waals surface area contributed by atoms with Crippen LogP contribution in [0.1, 0.15) is 78.5 Å². The number of urea groups is 2. The van der Waals surface area contributed by atoms with Crippen LogP contribution in [0.15, 0.2) is 48.5 Å². The van der Waals surface area contributed by atoms with Gasteiger partial charge in [0.25, 0.3) is 11.8 Å². The zero-order chi connectivity index (χ0) is 44.3. The smallest absolute Gasteiger partial charge is 0.425 e. The molecule has 0 unspecified atom stereocenters. The fourth-order valence-corrected chi connectivity index (χ4v) is 6.92. The average Bonchev–Trinajstić information content (AvgIpc) is 3.57. The molecule has 4 aliphatic rings. The van der Waals surface area contributed by atoms with Gasteiger partial charge < -0.3 is 34.1 Å². The van der Waals surface area contributed by atoms with Gasteiger partial charge in [-0.15, -0.1) is 12.3 Å². The van der Waals surface area contributed by atoms with Crippen LogP contribution in [0, 0.1) is 12.3 Å². The lowest BCUT2D eigenvalue weighted by Gasteiger charge is -2.42. The maximum absolute atomic E-state index is 13.6. The summed E-state index contributed by atoms with van der Waals surface area (Å²) < 4.78 is 31.2. The van der Waals surface area contributed by atoms with Crippen molar-refractivity contribution in [1.82, 2.24) is 20.4 Å². The van der Waals surface area contributed by atoms with Gasteiger partial charge in [-0.05, 0) is 98.4 Å². The van der Waals surface area contributed by atoms with Gasteiger partial charge >= 0.3 is 24.2 Å². The molecule has 2 aromatic carbocycles. The number of carbonyl (C=O) groups is 6. The molecule has 2 aromatic rings. The standard InChI is InChI=1S/C24H33N3O7.C14H17N3O3.C3H4.2H2/c1-22(2,3)33-20(30)26-18(28)24(27(19(26)29)21(31)34-23(4,5)6)11-13-25(14-12-24)16-9-8-10-17(15-16)32-7;1-20-11-4-2-3-10(9-11)17-7-5-14(6-8-17)12(18)15-13(19)16-14;1-3-2;;/h8-10,15H,11-14H2,1-7H3;2-4,9H,5-8H2,1H3,(H2,15,16,18,19);1H,2H3;2*1H/i;;;1+1D;1+1. The number of amides is 8. The molecule has 0 aliphatic carbocycles. The van der Waals surface area contributed by atoms with Crippen molar-refractivity contribution in [1.29, 1.82) is 0 Å². The number of hydrogen-bond acceptors (Lipinski definition) is 12. The molecule has 2 N–H and O–H groups in total. The van der Waals surface area contributed by atoms with Crippen LogP contribution in [-0.2, 0) is 19.1 Å². The van der Waals surface area contributed by atoms with E-state index >= 15 is 0 Å². The highest BCUT2D eigenvalue weighted by atomic mass is 16.6. The Morgan fingerprint density at radius 2 is 1.21 bits per heavy atom. The number of piperidine rings is 2. The van der Waals surface area contributed by atoms with Crippen LogP contribution in [0.2, 0.25) is 0 Å². The summed E-state index contributed by atoms with van der Waals surface area (Å²) in [6.07, 6.45) is 4.01. The monoisotopic (exact) mass is 797 g/mol. The molecule has 6 rings (SSSR count). The van der Waals surface area contributed by atoms with Crippen LogP contribution >= 0.6 is 0 Å². The number of imide groups is 5. The minimum Gasteiger partial charge on any atom is -0.497 e. The van der Waals surface area contributed by atoms with E-state index in [0.29, 0.717) is 36.6 Å². The van der Waals surface area contributed by atoms with Crippen molar-refractivity contribution in [2.45, 2.75) is 96.4 Å². The normalized spacial score (nSPS) is 18.5. The number of carbonyl (C=O) groups excluding carboxylic acids is 6. The third-order valence-corrected chi connectivity index (χ3v) is 9.62. The molecular formula is C41H58N6O10. The van der Waals surface area contributed by atoms with Gasteiger partial charge in [-0.2, -0.15) is 4.90 Å². The Bertz CT molecular complexity index is 1900. The van der Waals surface area contributed by atoms with Crippen molar-refractivity contribution < 1.29 is 52.1 Å². The molecule has 57 heavy (non-hydrogen) atoms. The Kier molecular flexibility index (Phi) is 12.9. The summed E-state index contributed by atoms with van der Waals surface area (Å²) in [6.45, 7) is 13.7. The molecule has 2 spiro atoms. The van der Waals surface area contributed by atoms with Crippen molar-refractivity contribution >= 4 is 47.4 Å². The van der Waals surface area contributed by atoms with Crippen LogP contribution in [0.3, 0.4) is 0 Å². The molecule has 16 heteroatoms. The topological polar surface area (TPSA) is 176 Å². The summed E-state index contributed by atoms with van der Waals surface area (Å²) in [5.41, 5.74) is -2.12. The Morgan fingerprint density at radius 1 is 0.772 bits per heavy atom. The maximum Gasteiger partial charge on any atom is 0.425 e. The third kappa shape index (κ3) is 10.1. The van der Waals surface area contributed by atoms with E-state index < -0.39 is 46.4 Å². The summed E-state index contributed by atoms with van der Waals surface area (Å²) in [6, 6.07) is 13.9. The number of hydrogen-bond donors (Lipinski definition) is 2. The van der Waals surface area contributed by atoms with Crippen molar-refractivity contribution in [2.24, 2.45) is 0 Å². The molecule has 0 radical (unpaired) electrons. The second-order valence-electron chi connectivity index (χ2n) is 15.9. The molecule has 312 valence electrons. The molecule has 0 saturated carbocycles. The van der Waals surface area contributed by atoms with Crippen LogP contribution in [0.25, 0.3) is 0 Å². The summed E-state index contributed by atoms with van der Waals surface area (Å²) in [4.78, 5) is 81.3. The number of methoxy groups -OCH3 is 2. The second-order valence-corrected chi connectivity index (χ2v) is 15.9. The van der Waals surface area contributed by atoms with Crippen LogP contribution in [-0.4, -0.2) is 109 Å². The highest BCUT2D eigenvalue weighted by Crippen LogP contribution is 2.40. The number of benzene rings is 2. The molecule has 0 bridgehead atoms. The SMILES string of the molecule is C#CC.COc1cccc(N2CCC3(CC2)C(=O)N(C(=O)OC(C)(C)C)C(=O)N3C(=O)OC(C)(C)C)c1.COc1cccc(N2CCC3(CC2)NC(=O)NC3=O)c1.[2HH].[2H][2H]. The summed E-state index contributed by atoms with van der Waals surface area (Å²) in [5.74, 6) is 2.78. The number of ether oxygens (including phenoxy) is 4. The van der Waals surface area contributed by atoms with Crippen molar-refractivity contribution in [3.63, 3.8) is 0 Å². The molecule has 4 heterocycles. The highest BCUT2D eigenvalue weighted by Gasteiger charge is 2.64. The van der Waals surface area contributed by atoms with Gasteiger partial charge in [-0.1, -0.05) is 12.1 Å². The first-order valence-electron chi connectivity index (χ1n) is 19.7. The largest absolute Gasteiger partial charge is 0.497 e. The number of nitrogens with one attached hydrogen (secondary N) is 2. The Morgan fingerprint density at radius 3 is 1.61 bits per heavy atom. The predicted molar refractivity (Wildman–Crippen MR) is 216 cm³/mol. The molecule has 4 aliphatic heterocycles. The van der Waals surface area contributed by atoms with Crippen molar-refractivity contribution in [3.05, 3.63) is 48.5 Å². The van der Waals surface area contributed by atoms with E-state index in [1.807, 2.05) is 53.4 Å². The van der Waals surface area contributed by atoms with Crippen molar-refractivity contribution in [2.75, 3.05) is 50.2 Å². The van der Waals surface area contributed by atoms with E-state index in [2.05, 4.69) is 27.9 Å². The van der Waals surface area contributed by atoms with E-state index in [1.54, 1.807) is 62.7 Å². The molecule has 4 fully saturated rings. The van der Waals surface area contributed by atoms with Gasteiger partial charge in [0.15, 0.2) is 0 Å². The highest BCUT2D eigenvalue weighted by molar-refractivity contribution is 6.21. The lowest BCUT2D eigenvalue weighted by atomic mass is 9.86. The molecule has 16 nitrogen and oxygen atoms in total. The van der Waals surface area contributed by atoms with Gasteiger partial charge in [-0.3, -0.25) is 14.9 Å². The van der Waals surface area contributed by atoms with E-state index in [9.17, 15) is 28.8 Å². The minimum atomic E-state index is -1.54. The van der Waals surface area contributed by atoms with Crippen LogP contribution in [0.4, 0.5) is 30.6 Å². The molecule has 4 saturated heterocycles. The average molecular weight is 798 g/mol. The van der Waals surface area contributed by atoms with Gasteiger partial charge in [-0.25, -0.2) is 24.1 Å². The Hall–Kier alpha value is -5.98. The summed E-state index contributed by atoms with van der Waals surface area (Å²) in [7, 11) is 3.22. The molecule has 8 amide bonds. The van der Waals surface area contributed by atoms with Crippen LogP contribution < -0.4 is 29.9 Å². The lowest BCUT2D eigenvalue weighted by Crippen LogP contribution is -2.59. The number of nitrogens with zero attached hydrogens (tertiary/aromatic N) is 4. The summed E-state index contributed by atoms with van der Waals surface area (Å²) >= 11 is 0. The van der Waals surface area contributed by atoms with E-state index in [0.717, 1.165) is 35.1 Å². The third-order valence-electron chi connectivity index (χ3n) is 9.62. The zero-order valence-corrected chi connectivity index (χ0v) is 34.2. The predicted octanol–water partition coefficient (Wildman–Crippen LogP) is 6.17. The Balaban J connectivity index is 0.000000404. The zero-order valence-electron chi connectivity index (χ0n) is 36.2. The van der Waals surface area contributed by atoms with Gasteiger partial charge in [0.2, 0.25) is 0 Å². The van der Waals surface area contributed by atoms with Gasteiger partial charge in [0, 0.05) is 54.1 Å². The van der Waals surface area contributed by atoms with E-state index in [-0.39, 0.29) is 26.2 Å². The molecule has 0 atom stereocenters. The van der Waals surface area contributed by atoms with Crippen molar-refractivity contribution in [3.8, 4) is 23.8 Å². The van der Waals surface area contributed by atoms with Gasteiger partial charge in [0.1, 0.15) is 33.8 Å². The first kappa shape index (κ1) is 42.2. The van der Waals surface area contributed by atoms with E-state index in [1.165, 1.54) is 0 Å². The number of rotatable bonds is 4. The number of terminal acetylenes is 1. The quantitative estimate of drug-likeness (QED) is 0.266. The van der Waals surface area contributed by atoms with Crippen LogP contribution in [0.5, 0.6) is 11.5 Å². The minimum absolute atomic E-state index is 0. The molecular weight excluding hydrogens is 736 g/mol. The lowest BCUT2D eigenvalue weighted by molar-refractivity contribution is -0.133. The fourth-order valence-electron chi connectivity index (χ4n) is 6.92. The Labute approximate surface area is 338 Å². The van der Waals surface area contributed by atoms with Gasteiger partial charge in [0.05, 0.1) is 14.2 Å².